The summed E-state index contributed by atoms with van der Waals surface area (Å²) in [4.78, 5) is 17.3. The average molecular weight is 431 g/mol. The average Bonchev–Trinajstić information content (AvgIpc) is 3.12. The van der Waals surface area contributed by atoms with Gasteiger partial charge in [-0.15, -0.1) is 11.3 Å². The second kappa shape index (κ2) is 7.56. The summed E-state index contributed by atoms with van der Waals surface area (Å²) in [7, 11) is 1.56. The van der Waals surface area contributed by atoms with Gasteiger partial charge in [0.15, 0.2) is 5.52 Å². The van der Waals surface area contributed by atoms with E-state index in [0.717, 1.165) is 22.7 Å². The van der Waals surface area contributed by atoms with Crippen LogP contribution >= 0.6 is 11.3 Å². The van der Waals surface area contributed by atoms with E-state index in [1.807, 2.05) is 18.2 Å². The molecule has 0 saturated heterocycles. The third-order valence-electron chi connectivity index (χ3n) is 4.56. The fourth-order valence-corrected chi connectivity index (χ4v) is 4.02. The summed E-state index contributed by atoms with van der Waals surface area (Å²) in [6, 6.07) is 12.0. The van der Waals surface area contributed by atoms with Crippen LogP contribution in [-0.4, -0.2) is 21.9 Å². The molecule has 0 N–H and O–H groups in total. The van der Waals surface area contributed by atoms with Gasteiger partial charge in [0, 0.05) is 5.56 Å². The van der Waals surface area contributed by atoms with Crippen molar-refractivity contribution in [2.45, 2.75) is 19.6 Å². The van der Waals surface area contributed by atoms with Gasteiger partial charge in [-0.2, -0.15) is 18.3 Å². The molecular formula is C21H16F3N3O2S. The Morgan fingerprint density at radius 3 is 2.53 bits per heavy atom. The summed E-state index contributed by atoms with van der Waals surface area (Å²) in [5.41, 5.74) is 1.01. The minimum absolute atomic E-state index is 0.0282. The minimum Gasteiger partial charge on any atom is -0.497 e. The molecule has 0 bridgehead atoms. The molecule has 0 aliphatic heterocycles. The van der Waals surface area contributed by atoms with E-state index in [-0.39, 0.29) is 17.6 Å². The van der Waals surface area contributed by atoms with Crippen LogP contribution in [0.3, 0.4) is 0 Å². The Kier molecular flexibility index (Phi) is 5.07. The van der Waals surface area contributed by atoms with Gasteiger partial charge in [0.2, 0.25) is 0 Å². The van der Waals surface area contributed by atoms with Crippen molar-refractivity contribution in [3.8, 4) is 17.0 Å². The lowest BCUT2D eigenvalue weighted by Crippen LogP contribution is -2.24. The molecule has 2 aromatic heterocycles. The fraction of sp³-hybridized carbons (Fsp3) is 0.190. The highest BCUT2D eigenvalue weighted by Gasteiger charge is 2.30. The molecule has 0 fully saturated rings. The number of benzene rings is 2. The zero-order chi connectivity index (χ0) is 21.5. The van der Waals surface area contributed by atoms with Crippen molar-refractivity contribution in [2.24, 2.45) is 0 Å². The lowest BCUT2D eigenvalue weighted by atomic mass is 10.1. The molecule has 2 aromatic carbocycles. The monoisotopic (exact) mass is 431 g/mol. The molecule has 2 heterocycles. The van der Waals surface area contributed by atoms with E-state index in [9.17, 15) is 18.0 Å². The molecule has 0 aliphatic carbocycles. The van der Waals surface area contributed by atoms with Crippen LogP contribution in [-0.2, 0) is 12.7 Å². The molecule has 0 amide bonds. The number of methoxy groups -OCH3 is 1. The molecule has 0 saturated carbocycles. The number of alkyl halides is 3. The number of hydrogen-bond acceptors (Lipinski definition) is 5. The van der Waals surface area contributed by atoms with Crippen LogP contribution in [0.4, 0.5) is 13.2 Å². The Balaban J connectivity index is 1.82. The van der Waals surface area contributed by atoms with Gasteiger partial charge in [0.25, 0.3) is 5.56 Å². The van der Waals surface area contributed by atoms with E-state index in [1.54, 1.807) is 20.1 Å². The molecule has 5 nitrogen and oxygen atoms in total. The van der Waals surface area contributed by atoms with Crippen molar-refractivity contribution in [1.29, 1.82) is 0 Å². The maximum absolute atomic E-state index is 12.9. The first-order chi connectivity index (χ1) is 14.3. The third kappa shape index (κ3) is 3.80. The van der Waals surface area contributed by atoms with Gasteiger partial charge in [-0.3, -0.25) is 4.79 Å². The van der Waals surface area contributed by atoms with Gasteiger partial charge in [-0.1, -0.05) is 24.3 Å². The summed E-state index contributed by atoms with van der Waals surface area (Å²) in [5.74, 6) is 0.643. The molecule has 0 unspecified atom stereocenters. The highest BCUT2D eigenvalue weighted by Crippen LogP contribution is 2.32. The summed E-state index contributed by atoms with van der Waals surface area (Å²) in [5, 5.41) is 5.25. The molecule has 0 aliphatic rings. The largest absolute Gasteiger partial charge is 0.497 e. The lowest BCUT2D eigenvalue weighted by molar-refractivity contribution is -0.137. The van der Waals surface area contributed by atoms with Gasteiger partial charge in [-0.25, -0.2) is 9.67 Å². The van der Waals surface area contributed by atoms with Crippen molar-refractivity contribution in [2.75, 3.05) is 7.11 Å². The Morgan fingerprint density at radius 2 is 1.87 bits per heavy atom. The number of rotatable bonds is 4. The quantitative estimate of drug-likeness (QED) is 0.461. The summed E-state index contributed by atoms with van der Waals surface area (Å²) >= 11 is 1.37. The lowest BCUT2D eigenvalue weighted by Gasteiger charge is -2.11. The van der Waals surface area contributed by atoms with Crippen LogP contribution in [0.1, 0.15) is 16.1 Å². The van der Waals surface area contributed by atoms with Crippen LogP contribution in [0.2, 0.25) is 0 Å². The summed E-state index contributed by atoms with van der Waals surface area (Å²) < 4.78 is 45.6. The predicted octanol–water partition coefficient (Wildman–Crippen LogP) is 4.90. The molecule has 0 atom stereocenters. The van der Waals surface area contributed by atoms with Crippen LogP contribution < -0.4 is 10.3 Å². The van der Waals surface area contributed by atoms with Crippen molar-refractivity contribution in [1.82, 2.24) is 14.8 Å². The molecule has 154 valence electrons. The van der Waals surface area contributed by atoms with Crippen LogP contribution in [0.5, 0.6) is 5.75 Å². The molecule has 30 heavy (non-hydrogen) atoms. The second-order valence-corrected chi connectivity index (χ2v) is 7.85. The van der Waals surface area contributed by atoms with E-state index < -0.39 is 11.7 Å². The Labute approximate surface area is 173 Å². The maximum atomic E-state index is 12.9. The number of ether oxygens (including phenoxy) is 1. The Bertz CT molecular complexity index is 1280. The predicted molar refractivity (Wildman–Crippen MR) is 109 cm³/mol. The third-order valence-corrected chi connectivity index (χ3v) is 5.54. The summed E-state index contributed by atoms with van der Waals surface area (Å²) in [6.45, 7) is 1.83. The van der Waals surface area contributed by atoms with E-state index in [4.69, 9.17) is 4.74 Å². The molecular weight excluding hydrogens is 415 g/mol. The van der Waals surface area contributed by atoms with Crippen molar-refractivity contribution in [3.63, 3.8) is 0 Å². The van der Waals surface area contributed by atoms with Gasteiger partial charge < -0.3 is 4.74 Å². The molecule has 0 radical (unpaired) electrons. The Morgan fingerprint density at radius 1 is 1.13 bits per heavy atom. The molecule has 0 spiro atoms. The normalized spacial score (nSPS) is 11.8. The van der Waals surface area contributed by atoms with E-state index >= 15 is 0 Å². The van der Waals surface area contributed by atoms with Crippen molar-refractivity contribution in [3.05, 3.63) is 75.0 Å². The molecule has 4 aromatic rings. The summed E-state index contributed by atoms with van der Waals surface area (Å²) in [6.07, 6.45) is -4.41. The standard InChI is InChI=1S/C21H16F3N3O2S/c1-12-25-18-19(30-12)17(14-4-3-5-16(10-14)29-2)26-27(20(18)28)11-13-6-8-15(9-7-13)21(22,23)24/h3-10H,11H2,1-2H3. The van der Waals surface area contributed by atoms with E-state index in [2.05, 4.69) is 10.1 Å². The fourth-order valence-electron chi connectivity index (χ4n) is 3.10. The Hall–Kier alpha value is -3.20. The number of nitrogens with zero attached hydrogens (tertiary/aromatic N) is 3. The van der Waals surface area contributed by atoms with Gasteiger partial charge in [0.05, 0.1) is 28.9 Å². The number of halogens is 3. The van der Waals surface area contributed by atoms with Gasteiger partial charge in [0.1, 0.15) is 11.4 Å². The molecule has 4 rings (SSSR count). The van der Waals surface area contributed by atoms with E-state index in [1.165, 1.54) is 28.2 Å². The number of fused-ring (bicyclic) bond motifs is 1. The number of thiazole rings is 1. The van der Waals surface area contributed by atoms with Crippen molar-refractivity contribution < 1.29 is 17.9 Å². The van der Waals surface area contributed by atoms with Crippen LogP contribution in [0.15, 0.2) is 53.3 Å². The first kappa shape index (κ1) is 20.1. The van der Waals surface area contributed by atoms with Gasteiger partial charge in [-0.05, 0) is 36.8 Å². The number of aryl methyl sites for hydroxylation is 1. The van der Waals surface area contributed by atoms with Crippen molar-refractivity contribution >= 4 is 21.6 Å². The maximum Gasteiger partial charge on any atom is 0.416 e. The first-order valence-electron chi connectivity index (χ1n) is 8.95. The zero-order valence-electron chi connectivity index (χ0n) is 16.0. The van der Waals surface area contributed by atoms with Crippen LogP contribution in [0, 0.1) is 6.92 Å². The number of aromatic nitrogens is 3. The smallest absolute Gasteiger partial charge is 0.416 e. The SMILES string of the molecule is COc1cccc(-c2nn(Cc3ccc(C(F)(F)F)cc3)c(=O)c3nc(C)sc23)c1. The number of hydrogen-bond donors (Lipinski definition) is 0. The van der Waals surface area contributed by atoms with Gasteiger partial charge >= 0.3 is 6.18 Å². The highest BCUT2D eigenvalue weighted by molar-refractivity contribution is 7.19. The highest BCUT2D eigenvalue weighted by atomic mass is 32.1. The topological polar surface area (TPSA) is 57.0 Å². The zero-order valence-corrected chi connectivity index (χ0v) is 16.8. The first-order valence-corrected chi connectivity index (χ1v) is 9.77. The van der Waals surface area contributed by atoms with E-state index in [0.29, 0.717) is 21.7 Å². The second-order valence-electron chi connectivity index (χ2n) is 6.65. The van der Waals surface area contributed by atoms with Crippen LogP contribution in [0.25, 0.3) is 21.5 Å². The molecule has 9 heteroatoms. The minimum atomic E-state index is -4.41.